The number of carbonyl (C=O) groups excluding carboxylic acids is 1. The maximum atomic E-state index is 13.5. The third-order valence-corrected chi connectivity index (χ3v) is 6.54. The molecular weight excluding hydrogens is 390 g/mol. The van der Waals surface area contributed by atoms with Crippen LogP contribution in [0.25, 0.3) is 33.2 Å². The van der Waals surface area contributed by atoms with Crippen molar-refractivity contribution < 1.29 is 4.79 Å². The van der Waals surface area contributed by atoms with E-state index in [9.17, 15) is 4.79 Å². The Bertz CT molecular complexity index is 1380. The molecule has 0 unspecified atom stereocenters. The second-order valence-electron chi connectivity index (χ2n) is 7.32. The minimum absolute atomic E-state index is 0.114. The van der Waals surface area contributed by atoms with Gasteiger partial charge in [-0.2, -0.15) is 0 Å². The van der Waals surface area contributed by atoms with E-state index < -0.39 is 0 Å². The predicted molar refractivity (Wildman–Crippen MR) is 124 cm³/mol. The van der Waals surface area contributed by atoms with Crippen molar-refractivity contribution >= 4 is 39.5 Å². The molecule has 0 N–H and O–H groups in total. The third kappa shape index (κ3) is 3.02. The van der Waals surface area contributed by atoms with Crippen molar-refractivity contribution in [2.45, 2.75) is 5.16 Å². The monoisotopic (exact) mass is 411 g/mol. The summed E-state index contributed by atoms with van der Waals surface area (Å²) in [5, 5.41) is 1.85. The Morgan fingerprint density at radius 1 is 0.833 bits per heavy atom. The number of aryl methyl sites for hydroxylation is 2. The largest absolute Gasteiger partial charge is 0.343 e. The van der Waals surface area contributed by atoms with Gasteiger partial charge in [-0.3, -0.25) is 4.79 Å². The van der Waals surface area contributed by atoms with Crippen molar-refractivity contribution in [1.82, 2.24) is 14.1 Å². The van der Waals surface area contributed by atoms with Crippen molar-refractivity contribution in [3.63, 3.8) is 0 Å². The number of nitrogens with zero attached hydrogens (tertiary/aromatic N) is 3. The minimum atomic E-state index is 0.114. The molecule has 148 valence electrons. The molecule has 0 saturated carbocycles. The molecule has 2 heterocycles. The van der Waals surface area contributed by atoms with Gasteiger partial charge in [-0.1, -0.05) is 72.4 Å². The zero-order chi connectivity index (χ0) is 20.7. The number of imidazole rings is 1. The summed E-state index contributed by atoms with van der Waals surface area (Å²) in [6.45, 7) is 0. The van der Waals surface area contributed by atoms with Gasteiger partial charge in [0.1, 0.15) is 0 Å². The maximum Gasteiger partial charge on any atom is 0.175 e. The van der Waals surface area contributed by atoms with E-state index in [2.05, 4.69) is 27.3 Å². The first-order valence-electron chi connectivity index (χ1n) is 9.85. The first kappa shape index (κ1) is 18.7. The van der Waals surface area contributed by atoms with Gasteiger partial charge in [0, 0.05) is 25.0 Å². The average molecular weight is 412 g/mol. The summed E-state index contributed by atoms with van der Waals surface area (Å²) >= 11 is 1.49. The molecule has 0 aliphatic rings. The van der Waals surface area contributed by atoms with E-state index in [4.69, 9.17) is 4.98 Å². The number of fused-ring (bicyclic) bond motifs is 2. The first-order chi connectivity index (χ1) is 14.6. The van der Waals surface area contributed by atoms with Crippen molar-refractivity contribution in [3.05, 3.63) is 84.4 Å². The number of carbonyl (C=O) groups is 1. The van der Waals surface area contributed by atoms with Gasteiger partial charge in [0.2, 0.25) is 0 Å². The molecule has 0 saturated heterocycles. The number of hydrogen-bond donors (Lipinski definition) is 0. The quantitative estimate of drug-likeness (QED) is 0.275. The van der Waals surface area contributed by atoms with Crippen LogP contribution in [-0.2, 0) is 14.1 Å². The summed E-state index contributed by atoms with van der Waals surface area (Å²) < 4.78 is 4.17. The number of rotatable bonds is 5. The van der Waals surface area contributed by atoms with Crippen molar-refractivity contribution in [3.8, 4) is 11.3 Å². The Balaban J connectivity index is 1.55. The number of benzene rings is 3. The van der Waals surface area contributed by atoms with Crippen LogP contribution < -0.4 is 0 Å². The van der Waals surface area contributed by atoms with Gasteiger partial charge < -0.3 is 9.13 Å². The average Bonchev–Trinajstić information content (AvgIpc) is 3.27. The lowest BCUT2D eigenvalue weighted by Crippen LogP contribution is -2.06. The molecule has 2 aromatic heterocycles. The van der Waals surface area contributed by atoms with E-state index in [-0.39, 0.29) is 5.78 Å². The highest BCUT2D eigenvalue weighted by atomic mass is 32.2. The Morgan fingerprint density at radius 3 is 2.27 bits per heavy atom. The van der Waals surface area contributed by atoms with Crippen LogP contribution in [0, 0.1) is 0 Å². The third-order valence-electron chi connectivity index (χ3n) is 5.51. The normalized spacial score (nSPS) is 11.4. The standard InChI is InChI=1S/C25H21N3OS/c1-27-20-14-8-6-12-18(20)23(24(27)17-10-4-3-5-11-17)22(29)16-30-25-26-19-13-7-9-15-21(19)28(25)2/h3-15H,16H2,1-2H3. The van der Waals surface area contributed by atoms with E-state index in [0.29, 0.717) is 5.75 Å². The molecule has 3 aromatic carbocycles. The first-order valence-corrected chi connectivity index (χ1v) is 10.8. The fourth-order valence-electron chi connectivity index (χ4n) is 4.06. The number of Topliss-reactive ketones (excluding diaryl/α,β-unsaturated/α-hetero) is 1. The van der Waals surface area contributed by atoms with Gasteiger partial charge in [-0.25, -0.2) is 4.98 Å². The molecule has 0 aliphatic carbocycles. The van der Waals surface area contributed by atoms with Crippen LogP contribution in [0.2, 0.25) is 0 Å². The lowest BCUT2D eigenvalue weighted by atomic mass is 10.0. The molecular formula is C25H21N3OS. The van der Waals surface area contributed by atoms with Crippen molar-refractivity contribution in [2.75, 3.05) is 5.75 Å². The topological polar surface area (TPSA) is 39.8 Å². The molecule has 0 fully saturated rings. The number of ketones is 1. The zero-order valence-electron chi connectivity index (χ0n) is 16.9. The number of aromatic nitrogens is 3. The number of para-hydroxylation sites is 3. The Morgan fingerprint density at radius 2 is 1.50 bits per heavy atom. The van der Waals surface area contributed by atoms with Gasteiger partial charge in [0.15, 0.2) is 10.9 Å². The summed E-state index contributed by atoms with van der Waals surface area (Å²) in [4.78, 5) is 18.2. The van der Waals surface area contributed by atoms with Crippen molar-refractivity contribution in [1.29, 1.82) is 0 Å². The summed E-state index contributed by atoms with van der Waals surface area (Å²) in [5.74, 6) is 0.452. The molecule has 5 aromatic rings. The summed E-state index contributed by atoms with van der Waals surface area (Å²) in [7, 11) is 4.02. The highest BCUT2D eigenvalue weighted by Gasteiger charge is 2.22. The lowest BCUT2D eigenvalue weighted by molar-refractivity contribution is 0.102. The molecule has 0 aliphatic heterocycles. The molecule has 0 spiro atoms. The Labute approximate surface area is 179 Å². The van der Waals surface area contributed by atoms with Crippen molar-refractivity contribution in [2.24, 2.45) is 14.1 Å². The molecule has 0 atom stereocenters. The second kappa shape index (κ2) is 7.50. The van der Waals surface area contributed by atoms with E-state index in [1.807, 2.05) is 74.8 Å². The molecule has 5 rings (SSSR count). The van der Waals surface area contributed by atoms with E-state index in [1.54, 1.807) is 0 Å². The predicted octanol–water partition coefficient (Wildman–Crippen LogP) is 5.71. The molecule has 5 heteroatoms. The van der Waals surface area contributed by atoms with Crippen LogP contribution >= 0.6 is 11.8 Å². The van der Waals surface area contributed by atoms with Crippen LogP contribution in [-0.4, -0.2) is 25.7 Å². The Kier molecular flexibility index (Phi) is 4.68. The highest BCUT2D eigenvalue weighted by Crippen LogP contribution is 2.34. The summed E-state index contributed by atoms with van der Waals surface area (Å²) in [5.41, 5.74) is 5.88. The maximum absolute atomic E-state index is 13.5. The summed E-state index contributed by atoms with van der Waals surface area (Å²) in [6.07, 6.45) is 0. The van der Waals surface area contributed by atoms with Gasteiger partial charge in [0.25, 0.3) is 0 Å². The van der Waals surface area contributed by atoms with Gasteiger partial charge >= 0.3 is 0 Å². The van der Waals surface area contributed by atoms with Crippen LogP contribution in [0.4, 0.5) is 0 Å². The fraction of sp³-hybridized carbons (Fsp3) is 0.120. The van der Waals surface area contributed by atoms with Crippen LogP contribution in [0.5, 0.6) is 0 Å². The lowest BCUT2D eigenvalue weighted by Gasteiger charge is -2.08. The SMILES string of the molecule is Cn1c(SCC(=O)c2c(-c3ccccc3)n(C)c3ccccc23)nc2ccccc21. The number of hydrogen-bond acceptors (Lipinski definition) is 3. The number of thioether (sulfide) groups is 1. The molecule has 0 amide bonds. The Hall–Kier alpha value is -3.31. The molecule has 4 nitrogen and oxygen atoms in total. The van der Waals surface area contributed by atoms with E-state index in [1.165, 1.54) is 11.8 Å². The van der Waals surface area contributed by atoms with Crippen LogP contribution in [0.15, 0.2) is 84.0 Å². The second-order valence-corrected chi connectivity index (χ2v) is 8.26. The van der Waals surface area contributed by atoms with Crippen LogP contribution in [0.1, 0.15) is 10.4 Å². The van der Waals surface area contributed by atoms with Gasteiger partial charge in [-0.15, -0.1) is 0 Å². The van der Waals surface area contributed by atoms with E-state index in [0.717, 1.165) is 43.9 Å². The van der Waals surface area contributed by atoms with Crippen LogP contribution in [0.3, 0.4) is 0 Å². The summed E-state index contributed by atoms with van der Waals surface area (Å²) in [6, 6.07) is 26.3. The van der Waals surface area contributed by atoms with E-state index >= 15 is 0 Å². The van der Waals surface area contributed by atoms with Gasteiger partial charge in [-0.05, 0) is 23.8 Å². The zero-order valence-corrected chi connectivity index (χ0v) is 17.7. The van der Waals surface area contributed by atoms with Gasteiger partial charge in [0.05, 0.1) is 28.0 Å². The molecule has 0 radical (unpaired) electrons. The molecule has 0 bridgehead atoms. The highest BCUT2D eigenvalue weighted by molar-refractivity contribution is 7.99. The minimum Gasteiger partial charge on any atom is -0.343 e. The smallest absolute Gasteiger partial charge is 0.175 e. The molecule has 30 heavy (non-hydrogen) atoms. The fourth-order valence-corrected chi connectivity index (χ4v) is 4.92.